The Bertz CT molecular complexity index is 4230. The molecule has 1 saturated carbocycles. The molecule has 1 atom stereocenters. The summed E-state index contributed by atoms with van der Waals surface area (Å²) in [5.41, 5.74) is 16.4. The number of nitrogens with two attached hydrogens (primary N) is 2. The van der Waals surface area contributed by atoms with Crippen LogP contribution < -0.4 is 65.4 Å². The van der Waals surface area contributed by atoms with E-state index in [1.165, 1.54) is 76.6 Å². The number of carboxylic acids is 1. The number of halogens is 2. The van der Waals surface area contributed by atoms with Crippen molar-refractivity contribution in [2.45, 2.75) is 109 Å². The van der Waals surface area contributed by atoms with Crippen LogP contribution in [-0.2, 0) is 68.5 Å². The van der Waals surface area contributed by atoms with Crippen LogP contribution in [0.15, 0.2) is 144 Å². The number of aryl methyl sites for hydroxylation is 4. The molecule has 0 radical (unpaired) electrons. The number of nitro benzene ring substituents is 3. The fraction of sp³-hybridized carbons (Fsp3) is 0.319. The molecule has 8 aromatic rings. The third-order valence-corrected chi connectivity index (χ3v) is 16.5. The Balaban J connectivity index is 0.00000128. The number of anilines is 2. The van der Waals surface area contributed by atoms with E-state index in [-0.39, 0.29) is 106 Å². The largest absolute Gasteiger partial charge is 1.00 e. The van der Waals surface area contributed by atoms with Gasteiger partial charge in [-0.25, -0.2) is 33.3 Å². The van der Waals surface area contributed by atoms with Gasteiger partial charge in [-0.15, -0.1) is 11.8 Å². The summed E-state index contributed by atoms with van der Waals surface area (Å²) in [7, 11) is 4.81. The number of nitrogen functional groups attached to an aromatic ring is 2. The third kappa shape index (κ3) is 29.8. The molecule has 0 saturated heterocycles. The molecular formula is C72H82ClFLiN8NaO19S2. The van der Waals surface area contributed by atoms with Crippen LogP contribution in [0.5, 0.6) is 0 Å². The van der Waals surface area contributed by atoms with Crippen molar-refractivity contribution >= 4 is 111 Å². The maximum Gasteiger partial charge on any atom is 1.00 e. The Labute approximate surface area is 655 Å². The van der Waals surface area contributed by atoms with Crippen molar-refractivity contribution in [1.29, 1.82) is 0 Å². The van der Waals surface area contributed by atoms with E-state index in [2.05, 4.69) is 48.5 Å². The van der Waals surface area contributed by atoms with Gasteiger partial charge in [0.15, 0.2) is 5.78 Å². The molecule has 1 aliphatic rings. The normalized spacial score (nSPS) is 11.1. The van der Waals surface area contributed by atoms with E-state index in [1.54, 1.807) is 71.9 Å². The second-order valence-electron chi connectivity index (χ2n) is 21.9. The fourth-order valence-corrected chi connectivity index (χ4v) is 10.5. The van der Waals surface area contributed by atoms with E-state index in [1.807, 2.05) is 57.4 Å². The fourth-order valence-electron chi connectivity index (χ4n) is 9.94. The number of aromatic nitrogens is 3. The molecule has 9 rings (SSSR count). The average molecular weight is 1510 g/mol. The molecule has 1 unspecified atom stereocenters. The number of thioether (sulfide) groups is 1. The first-order valence-corrected chi connectivity index (χ1v) is 34.0. The molecule has 6 aromatic carbocycles. The van der Waals surface area contributed by atoms with Gasteiger partial charge in [-0.05, 0) is 145 Å². The van der Waals surface area contributed by atoms with Crippen molar-refractivity contribution in [3.63, 3.8) is 0 Å². The maximum absolute atomic E-state index is 13.4. The summed E-state index contributed by atoms with van der Waals surface area (Å²) in [5, 5.41) is 41.5. The molecule has 0 spiro atoms. The zero-order chi connectivity index (χ0) is 76.3. The number of carbonyl (C=O) groups is 6. The van der Waals surface area contributed by atoms with Crippen LogP contribution in [0.2, 0.25) is 5.02 Å². The number of pyridine rings is 1. The molecule has 0 aliphatic heterocycles. The Hall–Kier alpha value is -9.09. The topological polar surface area (TPSA) is 419 Å². The Morgan fingerprint density at radius 1 is 0.619 bits per heavy atom. The summed E-state index contributed by atoms with van der Waals surface area (Å²) in [4.78, 5) is 122. The molecule has 0 bridgehead atoms. The van der Waals surface area contributed by atoms with Crippen LogP contribution in [0.1, 0.15) is 152 Å². The number of methoxy groups -OCH3 is 4. The quantitative estimate of drug-likeness (QED) is 0.0101. The van der Waals surface area contributed by atoms with Crippen molar-refractivity contribution < 1.29 is 126 Å². The molecule has 552 valence electrons. The van der Waals surface area contributed by atoms with Gasteiger partial charge >= 0.3 is 78.3 Å². The minimum Gasteiger partial charge on any atom is -0.870 e. The molecule has 105 heavy (non-hydrogen) atoms. The number of nitrogens with zero attached hydrogens (tertiary/aromatic N) is 6. The monoisotopic (exact) mass is 1510 g/mol. The first-order valence-electron chi connectivity index (χ1n) is 31.5. The van der Waals surface area contributed by atoms with Gasteiger partial charge in [0.25, 0.3) is 22.6 Å². The average Bonchev–Trinajstić information content (AvgIpc) is 0.778. The van der Waals surface area contributed by atoms with E-state index < -0.39 is 61.8 Å². The molecule has 2 aromatic heterocycles. The standard InChI is InChI=1S/C25H28ClN3O2.C10H11NO4.C10H13NO2.C9H9NO4S.C9H11NO2.C8H6FNO4.CH4S.Li.Na.H2O/c1-2-17-8-11-22-21(12-17)25(31)29(16-28-22)23(13-18-6-4-3-5-7-18)24(30)14-20-10-9-19(26)15-27-20;1-3-7-4-5-9(11(13)14)8(6-7)10(12)15-2;1-3-7-4-5-9(11)8(6-7)10(12)13-2;1-14-9(11)7-5-6(15-2)3-4-8(7)10(12)13;1-2-6-3-4-8(10)7(5-6)9(11)12;1-14-8(11)6-4-5(9)2-3-7(6)10(12)13;1-2;;;/h8-12,15-16,18,23H,2-7,13-14H2,1H3;4-6H,3H2,1-2H3;4-6H,3,11H2,1-2H3;3-5H,1-2H3;3-5H,2,10H2,1H3,(H,11,12);2-4H,1H3;2H,1H3;;;1H2/q;;;;;;;2*+1;/p-2. The summed E-state index contributed by atoms with van der Waals surface area (Å²) in [6, 6.07) is 30.6. The van der Waals surface area contributed by atoms with Gasteiger partial charge < -0.3 is 53.6 Å². The van der Waals surface area contributed by atoms with Crippen molar-refractivity contribution in [2.24, 2.45) is 5.92 Å². The Kier molecular flexibility index (Phi) is 45.3. The number of hydrogen-bond donors (Lipinski definition) is 3. The van der Waals surface area contributed by atoms with E-state index in [0.717, 1.165) is 84.6 Å². The number of Topliss-reactive ketones (excluding diaryl/α,β-unsaturated/α-hetero) is 1. The number of aromatic carboxylic acids is 1. The molecule has 1 fully saturated rings. The van der Waals surface area contributed by atoms with E-state index in [4.69, 9.17) is 28.2 Å². The summed E-state index contributed by atoms with van der Waals surface area (Å²) in [5.74, 6) is -3.95. The minimum absolute atomic E-state index is 0. The maximum atomic E-state index is 13.4. The molecule has 6 N–H and O–H groups in total. The van der Waals surface area contributed by atoms with Gasteiger partial charge in [-0.3, -0.25) is 49.5 Å². The van der Waals surface area contributed by atoms with Crippen LogP contribution in [-0.4, -0.2) is 116 Å². The Morgan fingerprint density at radius 3 is 1.50 bits per heavy atom. The van der Waals surface area contributed by atoms with Gasteiger partial charge in [-0.2, -0.15) is 6.26 Å². The van der Waals surface area contributed by atoms with E-state index in [9.17, 15) is 68.3 Å². The molecule has 27 nitrogen and oxygen atoms in total. The summed E-state index contributed by atoms with van der Waals surface area (Å²) >= 11 is 11.4. The van der Waals surface area contributed by atoms with Gasteiger partial charge in [0.05, 0.1) is 89.1 Å². The number of ketones is 1. The second-order valence-corrected chi connectivity index (χ2v) is 23.2. The van der Waals surface area contributed by atoms with Crippen molar-refractivity contribution in [2.75, 3.05) is 52.4 Å². The first kappa shape index (κ1) is 95.9. The van der Waals surface area contributed by atoms with Gasteiger partial charge in [0.1, 0.15) is 22.5 Å². The minimum atomic E-state index is -0.970. The number of hydrogen-bond acceptors (Lipinski definition) is 24. The summed E-state index contributed by atoms with van der Waals surface area (Å²) in [6.45, 7) is 7.95. The number of fused-ring (bicyclic) bond motifs is 1. The SMILES string of the molecule is CCc1ccc(N)c(C(=O)O)c1.CCc1ccc(N)c(C(=O)OC)c1.CCc1ccc([N+](=O)[O-])c(C(=O)OC)c1.CCc1ccc2ncn(C(CC3CCCCC3)C(=O)Cc3ccc(Cl)cn3)c(=O)c2c1.COC(=O)c1cc(F)ccc1[N+](=O)[O-].COC(=O)c1cc(SC)ccc1[N+](=O)[O-].C[S-].[Li+].[Na+].[OH-]. The molecule has 33 heteroatoms. The smallest absolute Gasteiger partial charge is 0.870 e. The first-order chi connectivity index (χ1) is 48.6. The number of carboxylic acid groups (broad SMARTS) is 1. The molecular weight excluding hydrogens is 1430 g/mol. The van der Waals surface area contributed by atoms with Crippen LogP contribution in [0.4, 0.5) is 32.8 Å². The number of nitro groups is 3. The molecule has 1 aliphatic carbocycles. The third-order valence-electron chi connectivity index (χ3n) is 15.5. The number of esters is 4. The summed E-state index contributed by atoms with van der Waals surface area (Å²) < 4.78 is 32.1. The predicted molar refractivity (Wildman–Crippen MR) is 392 cm³/mol. The van der Waals surface area contributed by atoms with Crippen molar-refractivity contribution in [3.8, 4) is 0 Å². The van der Waals surface area contributed by atoms with Crippen LogP contribution in [0.25, 0.3) is 10.9 Å². The van der Waals surface area contributed by atoms with Gasteiger partial charge in [-0.1, -0.05) is 95.7 Å². The van der Waals surface area contributed by atoms with Crippen LogP contribution in [0.3, 0.4) is 0 Å². The number of carbonyl (C=O) groups excluding carboxylic acids is 5. The number of rotatable bonds is 19. The number of ether oxygens (including phenoxy) is 4. The predicted octanol–water partition coefficient (Wildman–Crippen LogP) is 8.04. The zero-order valence-corrected chi connectivity index (χ0v) is 64.8. The Morgan fingerprint density at radius 2 is 1.04 bits per heavy atom. The van der Waals surface area contributed by atoms with Crippen molar-refractivity contribution in [1.82, 2.24) is 14.5 Å². The van der Waals surface area contributed by atoms with E-state index >= 15 is 0 Å². The second kappa shape index (κ2) is 49.6. The van der Waals surface area contributed by atoms with Gasteiger partial charge in [0.2, 0.25) is 0 Å². The zero-order valence-electron chi connectivity index (χ0n) is 60.4. The van der Waals surface area contributed by atoms with Crippen molar-refractivity contribution in [3.05, 3.63) is 241 Å². The molecule has 2 heterocycles. The number of benzene rings is 6. The van der Waals surface area contributed by atoms with Gasteiger partial charge in [0, 0.05) is 46.4 Å². The van der Waals surface area contributed by atoms with Crippen LogP contribution >= 0.6 is 23.4 Å². The molecule has 0 amide bonds. The van der Waals surface area contributed by atoms with E-state index in [0.29, 0.717) is 57.3 Å². The van der Waals surface area contributed by atoms with Crippen LogP contribution in [0, 0.1) is 42.1 Å². The summed E-state index contributed by atoms with van der Waals surface area (Å²) in [6.07, 6.45) is 16.5.